The van der Waals surface area contributed by atoms with Gasteiger partial charge in [-0.2, -0.15) is 0 Å². The third-order valence-electron chi connectivity index (χ3n) is 7.88. The lowest BCUT2D eigenvalue weighted by molar-refractivity contribution is 0.102. The summed E-state index contributed by atoms with van der Waals surface area (Å²) in [5, 5.41) is 3.87. The molecule has 2 aromatic heterocycles. The average Bonchev–Trinajstić information content (AvgIpc) is 3.36. The van der Waals surface area contributed by atoms with Crippen molar-refractivity contribution in [2.75, 3.05) is 5.32 Å². The lowest BCUT2D eigenvalue weighted by Crippen LogP contribution is -2.19. The van der Waals surface area contributed by atoms with Gasteiger partial charge in [-0.1, -0.05) is 25.1 Å². The number of benzene rings is 3. The molecule has 3 aromatic carbocycles. The van der Waals surface area contributed by atoms with Gasteiger partial charge in [0.05, 0.1) is 16.6 Å². The van der Waals surface area contributed by atoms with Crippen molar-refractivity contribution in [3.8, 4) is 0 Å². The minimum atomic E-state index is -0.213. The summed E-state index contributed by atoms with van der Waals surface area (Å²) >= 11 is 0. The van der Waals surface area contributed by atoms with Crippen LogP contribution in [0.1, 0.15) is 66.2 Å². The molecule has 0 unspecified atom stereocenters. The molecule has 1 atom stereocenters. The SMILES string of the molecule is C[C@@H](c1nc2ccc(C(=O)Nc3ccccc3)cc2[nH]1)[C@H]1CC[C@@H](c2ccnc3ccc(F)cc32)CC1. The van der Waals surface area contributed by atoms with Crippen LogP contribution in [0.15, 0.2) is 79.0 Å². The van der Waals surface area contributed by atoms with Crippen molar-refractivity contribution in [1.29, 1.82) is 0 Å². The molecule has 186 valence electrons. The van der Waals surface area contributed by atoms with Gasteiger partial charge in [0.15, 0.2) is 0 Å². The molecule has 0 spiro atoms. The summed E-state index contributed by atoms with van der Waals surface area (Å²) in [5.41, 5.74) is 5.18. The summed E-state index contributed by atoms with van der Waals surface area (Å²) in [5.74, 6) is 1.82. The molecule has 6 rings (SSSR count). The van der Waals surface area contributed by atoms with E-state index in [1.54, 1.807) is 12.1 Å². The number of amides is 1. The van der Waals surface area contributed by atoms with Gasteiger partial charge < -0.3 is 10.3 Å². The number of halogens is 1. The molecule has 37 heavy (non-hydrogen) atoms. The van der Waals surface area contributed by atoms with Crippen LogP contribution in [-0.4, -0.2) is 20.9 Å². The van der Waals surface area contributed by atoms with Crippen molar-refractivity contribution in [2.45, 2.75) is 44.4 Å². The van der Waals surface area contributed by atoms with Crippen molar-refractivity contribution in [3.63, 3.8) is 0 Å². The van der Waals surface area contributed by atoms with Crippen LogP contribution in [0.3, 0.4) is 0 Å². The van der Waals surface area contributed by atoms with Crippen LogP contribution in [0, 0.1) is 11.7 Å². The zero-order valence-corrected chi connectivity index (χ0v) is 20.7. The number of hydrogen-bond acceptors (Lipinski definition) is 3. The van der Waals surface area contributed by atoms with Crippen LogP contribution >= 0.6 is 0 Å². The molecule has 1 aliphatic carbocycles. The number of aromatic amines is 1. The predicted molar refractivity (Wildman–Crippen MR) is 145 cm³/mol. The Morgan fingerprint density at radius 2 is 1.76 bits per heavy atom. The molecule has 2 N–H and O–H groups in total. The van der Waals surface area contributed by atoms with Gasteiger partial charge in [0.1, 0.15) is 11.6 Å². The summed E-state index contributed by atoms with van der Waals surface area (Å²) in [6.07, 6.45) is 6.15. The molecule has 5 aromatic rings. The number of hydrogen-bond donors (Lipinski definition) is 2. The molecular weight excluding hydrogens is 463 g/mol. The first-order chi connectivity index (χ1) is 18.0. The van der Waals surface area contributed by atoms with Crippen molar-refractivity contribution in [1.82, 2.24) is 15.0 Å². The first-order valence-corrected chi connectivity index (χ1v) is 13.0. The minimum Gasteiger partial charge on any atom is -0.342 e. The number of carbonyl (C=O) groups is 1. The fourth-order valence-corrected chi connectivity index (χ4v) is 5.76. The number of H-pyrrole nitrogens is 1. The van der Waals surface area contributed by atoms with E-state index in [0.717, 1.165) is 59.1 Å². The summed E-state index contributed by atoms with van der Waals surface area (Å²) in [4.78, 5) is 25.5. The van der Waals surface area contributed by atoms with Gasteiger partial charge >= 0.3 is 0 Å². The van der Waals surface area contributed by atoms with E-state index >= 15 is 0 Å². The maximum Gasteiger partial charge on any atom is 0.255 e. The second-order valence-electron chi connectivity index (χ2n) is 10.1. The van der Waals surface area contributed by atoms with Crippen molar-refractivity contribution < 1.29 is 9.18 Å². The molecule has 0 bridgehead atoms. The Balaban J connectivity index is 1.15. The van der Waals surface area contributed by atoms with Crippen LogP contribution in [-0.2, 0) is 0 Å². The molecule has 1 aliphatic rings. The normalized spacial score (nSPS) is 18.6. The zero-order valence-electron chi connectivity index (χ0n) is 20.7. The number of imidazole rings is 1. The highest BCUT2D eigenvalue weighted by molar-refractivity contribution is 6.05. The number of aromatic nitrogens is 3. The average molecular weight is 493 g/mol. The molecule has 1 amide bonds. The van der Waals surface area contributed by atoms with E-state index in [9.17, 15) is 9.18 Å². The molecule has 0 radical (unpaired) electrons. The van der Waals surface area contributed by atoms with Crippen LogP contribution in [0.2, 0.25) is 0 Å². The summed E-state index contributed by atoms with van der Waals surface area (Å²) < 4.78 is 13.9. The summed E-state index contributed by atoms with van der Waals surface area (Å²) in [6, 6.07) is 22.0. The van der Waals surface area contributed by atoms with E-state index in [2.05, 4.69) is 28.3 Å². The maximum absolute atomic E-state index is 13.9. The van der Waals surface area contributed by atoms with Gasteiger partial charge in [0, 0.05) is 28.8 Å². The molecule has 1 saturated carbocycles. The van der Waals surface area contributed by atoms with Gasteiger partial charge in [0.2, 0.25) is 0 Å². The van der Waals surface area contributed by atoms with Gasteiger partial charge in [0.25, 0.3) is 5.91 Å². The second-order valence-corrected chi connectivity index (χ2v) is 10.1. The van der Waals surface area contributed by atoms with Gasteiger partial charge in [-0.15, -0.1) is 0 Å². The van der Waals surface area contributed by atoms with Gasteiger partial charge in [-0.3, -0.25) is 9.78 Å². The molecule has 2 heterocycles. The Morgan fingerprint density at radius 3 is 2.57 bits per heavy atom. The van der Waals surface area contributed by atoms with Crippen LogP contribution in [0.4, 0.5) is 10.1 Å². The number of rotatable bonds is 5. The molecule has 1 fully saturated rings. The Hall–Kier alpha value is -4.06. The second kappa shape index (κ2) is 9.77. The van der Waals surface area contributed by atoms with E-state index in [1.807, 2.05) is 54.7 Å². The van der Waals surface area contributed by atoms with Gasteiger partial charge in [-0.05, 0) is 97.7 Å². The van der Waals surface area contributed by atoms with E-state index in [1.165, 1.54) is 11.6 Å². The fraction of sp³-hybridized carbons (Fsp3) is 0.258. The number of fused-ring (bicyclic) bond motifs is 2. The van der Waals surface area contributed by atoms with Crippen LogP contribution in [0.25, 0.3) is 21.9 Å². The molecule has 0 aliphatic heterocycles. The number of para-hydroxylation sites is 1. The third-order valence-corrected chi connectivity index (χ3v) is 7.88. The highest BCUT2D eigenvalue weighted by Gasteiger charge is 2.29. The standard InChI is InChI=1S/C31H29FN4O/c1-19(20-7-9-21(10-8-20)25-15-16-33-27-14-12-23(32)18-26(25)27)30-35-28-13-11-22(17-29(28)36-30)31(37)34-24-5-3-2-4-6-24/h2-6,11-21H,7-10H2,1H3,(H,34,37)(H,35,36)/t19-,20-,21+/m1/s1. The zero-order chi connectivity index (χ0) is 25.4. The van der Waals surface area contributed by atoms with E-state index in [4.69, 9.17) is 4.98 Å². The highest BCUT2D eigenvalue weighted by atomic mass is 19.1. The number of carbonyl (C=O) groups excluding carboxylic acids is 1. The molecule has 0 saturated heterocycles. The highest BCUT2D eigenvalue weighted by Crippen LogP contribution is 2.43. The number of pyridine rings is 1. The molecule has 6 heteroatoms. The Bertz CT molecular complexity index is 1570. The predicted octanol–water partition coefficient (Wildman–Crippen LogP) is 7.58. The maximum atomic E-state index is 13.9. The number of anilines is 1. The Morgan fingerprint density at radius 1 is 0.973 bits per heavy atom. The Labute approximate surface area is 215 Å². The van der Waals surface area contributed by atoms with Crippen molar-refractivity contribution in [2.24, 2.45) is 5.92 Å². The quantitative estimate of drug-likeness (QED) is 0.266. The monoisotopic (exact) mass is 492 g/mol. The smallest absolute Gasteiger partial charge is 0.255 e. The lowest BCUT2D eigenvalue weighted by atomic mass is 9.73. The van der Waals surface area contributed by atoms with E-state index < -0.39 is 0 Å². The van der Waals surface area contributed by atoms with Crippen LogP contribution in [0.5, 0.6) is 0 Å². The minimum absolute atomic E-state index is 0.140. The first kappa shape index (κ1) is 23.3. The topological polar surface area (TPSA) is 70.7 Å². The Kier molecular flexibility index (Phi) is 6.16. The third kappa shape index (κ3) is 4.71. The largest absolute Gasteiger partial charge is 0.342 e. The van der Waals surface area contributed by atoms with Crippen molar-refractivity contribution >= 4 is 33.5 Å². The fourth-order valence-electron chi connectivity index (χ4n) is 5.76. The summed E-state index contributed by atoms with van der Waals surface area (Å²) in [7, 11) is 0. The lowest BCUT2D eigenvalue weighted by Gasteiger charge is -2.32. The number of nitrogens with zero attached hydrogens (tertiary/aromatic N) is 2. The van der Waals surface area contributed by atoms with Gasteiger partial charge in [-0.25, -0.2) is 9.37 Å². The van der Waals surface area contributed by atoms with E-state index in [0.29, 0.717) is 17.4 Å². The van der Waals surface area contributed by atoms with E-state index in [-0.39, 0.29) is 17.6 Å². The number of nitrogens with one attached hydrogen (secondary N) is 2. The molecular formula is C31H29FN4O. The molecule has 5 nitrogen and oxygen atoms in total. The van der Waals surface area contributed by atoms with Crippen molar-refractivity contribution in [3.05, 3.63) is 102 Å². The summed E-state index contributed by atoms with van der Waals surface area (Å²) in [6.45, 7) is 2.24. The van der Waals surface area contributed by atoms with Crippen LogP contribution < -0.4 is 5.32 Å². The first-order valence-electron chi connectivity index (χ1n) is 13.0.